The lowest BCUT2D eigenvalue weighted by Crippen LogP contribution is -1.93. The molecule has 0 bridgehead atoms. The molecule has 1 aromatic heterocycles. The van der Waals surface area contributed by atoms with Crippen LogP contribution in [0.15, 0.2) is 37.8 Å². The zero-order chi connectivity index (χ0) is 13.0. The second-order valence-electron chi connectivity index (χ2n) is 3.63. The highest BCUT2D eigenvalue weighted by Crippen LogP contribution is 2.33. The third-order valence-corrected chi connectivity index (χ3v) is 5.38. The van der Waals surface area contributed by atoms with Crippen LogP contribution in [0.5, 0.6) is 0 Å². The Hall–Kier alpha value is -0.560. The minimum Gasteiger partial charge on any atom is -0.388 e. The van der Waals surface area contributed by atoms with Crippen LogP contribution in [-0.2, 0) is 0 Å². The molecule has 2 rings (SSSR count). The van der Waals surface area contributed by atoms with Gasteiger partial charge in [0.2, 0.25) is 0 Å². The van der Waals surface area contributed by atoms with Crippen LogP contribution in [0.2, 0.25) is 0 Å². The molecule has 0 radical (unpaired) electrons. The molecule has 0 amide bonds. The van der Waals surface area contributed by atoms with Gasteiger partial charge < -0.3 is 5.11 Å². The van der Waals surface area contributed by atoms with Crippen LogP contribution in [-0.4, -0.2) is 21.6 Å². The van der Waals surface area contributed by atoms with E-state index in [4.69, 9.17) is 0 Å². The first-order valence-corrected chi connectivity index (χ1v) is 8.42. The predicted molar refractivity (Wildman–Crippen MR) is 77.5 cm³/mol. The van der Waals surface area contributed by atoms with Crippen molar-refractivity contribution in [1.82, 2.24) is 10.2 Å². The van der Waals surface area contributed by atoms with Crippen LogP contribution in [0.4, 0.5) is 0 Å². The molecule has 1 atom stereocenters. The fourth-order valence-electron chi connectivity index (χ4n) is 1.42. The van der Waals surface area contributed by atoms with Gasteiger partial charge in [-0.3, -0.25) is 0 Å². The van der Waals surface area contributed by atoms with Crippen molar-refractivity contribution in [2.45, 2.75) is 33.0 Å². The van der Waals surface area contributed by atoms with Gasteiger partial charge in [0.25, 0.3) is 0 Å². The summed E-state index contributed by atoms with van der Waals surface area (Å²) < 4.78 is 1.93. The van der Waals surface area contributed by atoms with E-state index < -0.39 is 0 Å². The van der Waals surface area contributed by atoms with Crippen molar-refractivity contribution in [3.05, 3.63) is 29.8 Å². The van der Waals surface area contributed by atoms with Crippen molar-refractivity contribution in [2.24, 2.45) is 0 Å². The number of rotatable bonds is 5. The van der Waals surface area contributed by atoms with Gasteiger partial charge in [0.05, 0.1) is 6.10 Å². The van der Waals surface area contributed by atoms with Crippen molar-refractivity contribution in [3.63, 3.8) is 0 Å². The van der Waals surface area contributed by atoms with E-state index in [1.165, 1.54) is 0 Å². The molecule has 0 saturated heterocycles. The number of aromatic nitrogens is 2. The Morgan fingerprint density at radius 3 is 2.44 bits per heavy atom. The second kappa shape index (κ2) is 6.56. The topological polar surface area (TPSA) is 46.0 Å². The predicted octanol–water partition coefficient (Wildman–Crippen LogP) is 3.85. The fourth-order valence-corrected chi connectivity index (χ4v) is 3.83. The third-order valence-electron chi connectivity index (χ3n) is 2.42. The molecule has 1 aromatic carbocycles. The number of aliphatic hydroxyl groups excluding tert-OH is 1. The van der Waals surface area contributed by atoms with Gasteiger partial charge in [-0.15, -0.1) is 10.2 Å². The molecule has 96 valence electrons. The summed E-state index contributed by atoms with van der Waals surface area (Å²) in [5.41, 5.74) is 0.962. The second-order valence-corrected chi connectivity index (χ2v) is 6.98. The lowest BCUT2D eigenvalue weighted by atomic mass is 10.1. The zero-order valence-electron chi connectivity index (χ0n) is 10.2. The van der Waals surface area contributed by atoms with E-state index in [2.05, 4.69) is 10.2 Å². The number of thioether (sulfide) groups is 1. The van der Waals surface area contributed by atoms with Crippen molar-refractivity contribution in [3.8, 4) is 0 Å². The summed E-state index contributed by atoms with van der Waals surface area (Å²) in [6.07, 6.45) is 2.37. The van der Waals surface area contributed by atoms with Crippen LogP contribution in [0.3, 0.4) is 0 Å². The lowest BCUT2D eigenvalue weighted by molar-refractivity contribution is 0.173. The number of benzene rings is 1. The molecule has 18 heavy (non-hydrogen) atoms. The number of hydrogen-bond donors (Lipinski definition) is 1. The van der Waals surface area contributed by atoms with Crippen molar-refractivity contribution >= 4 is 34.9 Å². The van der Waals surface area contributed by atoms with Crippen molar-refractivity contribution < 1.29 is 5.11 Å². The largest absolute Gasteiger partial charge is 0.388 e. The SMILES string of the molecule is CCC(O)c1ccc(Sc2nnc(SC)s2)cc1. The highest BCUT2D eigenvalue weighted by Gasteiger charge is 2.07. The zero-order valence-corrected chi connectivity index (χ0v) is 12.6. The molecule has 1 heterocycles. The van der Waals surface area contributed by atoms with E-state index in [1.807, 2.05) is 37.4 Å². The molecule has 1 N–H and O–H groups in total. The average molecular weight is 298 g/mol. The summed E-state index contributed by atoms with van der Waals surface area (Å²) in [7, 11) is 0. The van der Waals surface area contributed by atoms with E-state index in [0.29, 0.717) is 0 Å². The minimum atomic E-state index is -0.367. The van der Waals surface area contributed by atoms with Crippen LogP contribution >= 0.6 is 34.9 Å². The number of aliphatic hydroxyl groups is 1. The van der Waals surface area contributed by atoms with Gasteiger partial charge in [-0.05, 0) is 30.4 Å². The average Bonchev–Trinajstić information content (AvgIpc) is 2.86. The Morgan fingerprint density at radius 1 is 1.22 bits per heavy atom. The Bertz CT molecular complexity index is 498. The Kier molecular flexibility index (Phi) is 5.05. The van der Waals surface area contributed by atoms with E-state index in [1.54, 1.807) is 34.9 Å². The van der Waals surface area contributed by atoms with Gasteiger partial charge in [0, 0.05) is 4.90 Å². The quantitative estimate of drug-likeness (QED) is 0.849. The van der Waals surface area contributed by atoms with Gasteiger partial charge in [-0.2, -0.15) is 0 Å². The van der Waals surface area contributed by atoms with Crippen LogP contribution < -0.4 is 0 Å². The summed E-state index contributed by atoms with van der Waals surface area (Å²) in [6.45, 7) is 1.97. The van der Waals surface area contributed by atoms with Crippen LogP contribution in [0.25, 0.3) is 0 Å². The monoisotopic (exact) mass is 298 g/mol. The molecule has 2 aromatic rings. The van der Waals surface area contributed by atoms with E-state index in [-0.39, 0.29) is 6.10 Å². The molecule has 0 spiro atoms. The van der Waals surface area contributed by atoms with Crippen LogP contribution in [0, 0.1) is 0 Å². The molecule has 3 nitrogen and oxygen atoms in total. The molecule has 0 fully saturated rings. The summed E-state index contributed by atoms with van der Waals surface area (Å²) in [6, 6.07) is 7.96. The maximum absolute atomic E-state index is 9.72. The first-order chi connectivity index (χ1) is 8.72. The van der Waals surface area contributed by atoms with E-state index in [9.17, 15) is 5.11 Å². The van der Waals surface area contributed by atoms with Gasteiger partial charge in [0.1, 0.15) is 0 Å². The van der Waals surface area contributed by atoms with Gasteiger partial charge in [0.15, 0.2) is 8.68 Å². The normalized spacial score (nSPS) is 12.6. The molecule has 0 aliphatic carbocycles. The third kappa shape index (κ3) is 3.47. The summed E-state index contributed by atoms with van der Waals surface area (Å²) in [5, 5.41) is 17.9. The molecule has 0 saturated carbocycles. The standard InChI is InChI=1S/C12H14N2OS3/c1-3-10(15)8-4-6-9(7-5-8)17-12-14-13-11(16-2)18-12/h4-7,10,15H,3H2,1-2H3. The Balaban J connectivity index is 2.06. The van der Waals surface area contributed by atoms with Crippen molar-refractivity contribution in [1.29, 1.82) is 0 Å². The maximum atomic E-state index is 9.72. The van der Waals surface area contributed by atoms with Crippen LogP contribution in [0.1, 0.15) is 25.0 Å². The fraction of sp³-hybridized carbons (Fsp3) is 0.333. The highest BCUT2D eigenvalue weighted by molar-refractivity contribution is 8.03. The smallest absolute Gasteiger partial charge is 0.179 e. The van der Waals surface area contributed by atoms with E-state index in [0.717, 1.165) is 25.6 Å². The van der Waals surface area contributed by atoms with Gasteiger partial charge in [-0.25, -0.2) is 0 Å². The first kappa shape index (κ1) is 13.9. The first-order valence-electron chi connectivity index (χ1n) is 5.56. The van der Waals surface area contributed by atoms with Crippen molar-refractivity contribution in [2.75, 3.05) is 6.26 Å². The molecule has 1 unspecified atom stereocenters. The number of hydrogen-bond acceptors (Lipinski definition) is 6. The van der Waals surface area contributed by atoms with Gasteiger partial charge >= 0.3 is 0 Å². The minimum absolute atomic E-state index is 0.367. The lowest BCUT2D eigenvalue weighted by Gasteiger charge is -2.07. The molecule has 6 heteroatoms. The summed E-state index contributed by atoms with van der Waals surface area (Å²) >= 11 is 4.81. The molecule has 0 aliphatic rings. The van der Waals surface area contributed by atoms with Gasteiger partial charge in [-0.1, -0.05) is 53.9 Å². The summed E-state index contributed by atoms with van der Waals surface area (Å²) in [4.78, 5) is 1.12. The highest BCUT2D eigenvalue weighted by atomic mass is 32.2. The van der Waals surface area contributed by atoms with E-state index >= 15 is 0 Å². The molecule has 0 aliphatic heterocycles. The summed E-state index contributed by atoms with van der Waals surface area (Å²) in [5.74, 6) is 0. The Morgan fingerprint density at radius 2 is 1.89 bits per heavy atom. The molecular weight excluding hydrogens is 284 g/mol. The Labute approximate surface area is 119 Å². The number of nitrogens with zero attached hydrogens (tertiary/aromatic N) is 2. The maximum Gasteiger partial charge on any atom is 0.179 e. The molecular formula is C12H14N2OS3.